The smallest absolute Gasteiger partial charge is 0.0247 e. The second kappa shape index (κ2) is 11.4. The number of hydrogen-bond donors (Lipinski definition) is 0. The van der Waals surface area contributed by atoms with Crippen LogP contribution < -0.4 is 0 Å². The van der Waals surface area contributed by atoms with E-state index < -0.39 is 0 Å². The predicted molar refractivity (Wildman–Crippen MR) is 197 cm³/mol. The van der Waals surface area contributed by atoms with Crippen LogP contribution in [0.4, 0.5) is 0 Å². The third kappa shape index (κ3) is 5.02. The van der Waals surface area contributed by atoms with Crippen molar-refractivity contribution < 1.29 is 0 Å². The SMILES string of the molecule is c1cc2c3c(cccc3c1)CN(Cc1cc(CN3Cc4cccc5cccc(c45)C3)cc(CN3Cc4cccc5cccc(c45)C3)c1)C2. The summed E-state index contributed by atoms with van der Waals surface area (Å²) < 4.78 is 0. The standard InChI is InChI=1S/C45H39N3/c1-7-34-8-2-14-38-26-46(25-37(13-1)43(34)38)22-31-19-32(23-47-27-39-15-3-9-35-10-4-16-40(28-47)44(35)39)21-33(20-31)24-48-29-41-17-5-11-36-12-6-18-42(30-48)45(36)41/h1-21H,22-30H2. The van der Waals surface area contributed by atoms with Gasteiger partial charge in [0, 0.05) is 58.9 Å². The largest absolute Gasteiger partial charge is 0.291 e. The molecule has 0 bridgehead atoms. The first-order valence-electron chi connectivity index (χ1n) is 17.5. The van der Waals surface area contributed by atoms with Gasteiger partial charge >= 0.3 is 0 Å². The molecule has 7 aromatic rings. The highest BCUT2D eigenvalue weighted by Gasteiger charge is 2.23. The quantitative estimate of drug-likeness (QED) is 0.183. The van der Waals surface area contributed by atoms with Crippen LogP contribution in [0.5, 0.6) is 0 Å². The molecule has 0 saturated heterocycles. The molecule has 3 heterocycles. The highest BCUT2D eigenvalue weighted by Crippen LogP contribution is 2.34. The Kier molecular flexibility index (Phi) is 6.72. The van der Waals surface area contributed by atoms with Crippen molar-refractivity contribution in [1.29, 1.82) is 0 Å². The van der Waals surface area contributed by atoms with E-state index in [0.29, 0.717) is 0 Å². The summed E-state index contributed by atoms with van der Waals surface area (Å²) in [6, 6.07) is 48.3. The van der Waals surface area contributed by atoms with Crippen molar-refractivity contribution in [3.05, 3.63) is 177 Å². The van der Waals surface area contributed by atoms with E-state index in [-0.39, 0.29) is 0 Å². The van der Waals surface area contributed by atoms with Crippen molar-refractivity contribution >= 4 is 32.3 Å². The first kappa shape index (κ1) is 28.2. The van der Waals surface area contributed by atoms with E-state index in [9.17, 15) is 0 Å². The lowest BCUT2D eigenvalue weighted by Gasteiger charge is -2.32. The Morgan fingerprint density at radius 1 is 0.312 bits per heavy atom. The third-order valence-corrected chi connectivity index (χ3v) is 10.9. The van der Waals surface area contributed by atoms with E-state index in [1.165, 1.54) is 82.4 Å². The first-order valence-corrected chi connectivity index (χ1v) is 17.5. The zero-order valence-corrected chi connectivity index (χ0v) is 27.3. The molecular formula is C45H39N3. The molecule has 0 N–H and O–H groups in total. The number of hydrogen-bond acceptors (Lipinski definition) is 3. The molecule has 3 aliphatic rings. The summed E-state index contributed by atoms with van der Waals surface area (Å²) in [5, 5.41) is 8.49. The number of rotatable bonds is 6. The van der Waals surface area contributed by atoms with E-state index in [1.54, 1.807) is 0 Å². The summed E-state index contributed by atoms with van der Waals surface area (Å²) in [5.74, 6) is 0. The molecule has 0 aliphatic carbocycles. The Labute approximate surface area is 282 Å². The van der Waals surface area contributed by atoms with Crippen LogP contribution in [0.2, 0.25) is 0 Å². The van der Waals surface area contributed by atoms with Crippen LogP contribution in [0, 0.1) is 0 Å². The van der Waals surface area contributed by atoms with Crippen LogP contribution in [-0.2, 0) is 58.9 Å². The Morgan fingerprint density at radius 3 is 0.771 bits per heavy atom. The molecule has 0 atom stereocenters. The molecule has 234 valence electrons. The topological polar surface area (TPSA) is 9.72 Å². The van der Waals surface area contributed by atoms with Crippen LogP contribution in [-0.4, -0.2) is 14.7 Å². The van der Waals surface area contributed by atoms with Crippen LogP contribution in [0.25, 0.3) is 32.3 Å². The lowest BCUT2D eigenvalue weighted by atomic mass is 9.94. The van der Waals surface area contributed by atoms with Gasteiger partial charge in [-0.1, -0.05) is 127 Å². The number of benzene rings is 7. The van der Waals surface area contributed by atoms with E-state index in [4.69, 9.17) is 0 Å². The van der Waals surface area contributed by atoms with Crippen molar-refractivity contribution in [3.8, 4) is 0 Å². The fourth-order valence-electron chi connectivity index (χ4n) is 9.13. The van der Waals surface area contributed by atoms with Crippen molar-refractivity contribution in [1.82, 2.24) is 14.7 Å². The highest BCUT2D eigenvalue weighted by atomic mass is 15.1. The molecule has 7 aromatic carbocycles. The molecule has 0 amide bonds. The molecule has 10 rings (SSSR count). The molecule has 0 fully saturated rings. The molecule has 0 radical (unpaired) electrons. The fourth-order valence-corrected chi connectivity index (χ4v) is 9.13. The minimum Gasteiger partial charge on any atom is -0.291 e. The monoisotopic (exact) mass is 621 g/mol. The fraction of sp³-hybridized carbons (Fsp3) is 0.200. The first-order chi connectivity index (χ1) is 23.7. The summed E-state index contributed by atoms with van der Waals surface area (Å²) in [6.45, 7) is 8.83. The van der Waals surface area contributed by atoms with Gasteiger partial charge in [0.25, 0.3) is 0 Å². The van der Waals surface area contributed by atoms with Gasteiger partial charge < -0.3 is 0 Å². The molecule has 0 aromatic heterocycles. The summed E-state index contributed by atoms with van der Waals surface area (Å²) in [7, 11) is 0. The van der Waals surface area contributed by atoms with Crippen molar-refractivity contribution in [3.63, 3.8) is 0 Å². The molecule has 3 nitrogen and oxygen atoms in total. The van der Waals surface area contributed by atoms with Crippen molar-refractivity contribution in [2.24, 2.45) is 0 Å². The maximum Gasteiger partial charge on any atom is 0.0247 e. The van der Waals surface area contributed by atoms with Gasteiger partial charge in [0.2, 0.25) is 0 Å². The molecule has 0 unspecified atom stereocenters. The molecule has 3 heteroatoms. The van der Waals surface area contributed by atoms with Crippen LogP contribution in [0.3, 0.4) is 0 Å². The molecule has 0 spiro atoms. The minimum atomic E-state index is 0.954. The van der Waals surface area contributed by atoms with Gasteiger partial charge in [-0.3, -0.25) is 14.7 Å². The van der Waals surface area contributed by atoms with Crippen molar-refractivity contribution in [2.75, 3.05) is 0 Å². The van der Waals surface area contributed by atoms with E-state index in [2.05, 4.69) is 142 Å². The van der Waals surface area contributed by atoms with E-state index in [1.807, 2.05) is 0 Å². The predicted octanol–water partition coefficient (Wildman–Crippen LogP) is 9.69. The van der Waals surface area contributed by atoms with Crippen LogP contribution >= 0.6 is 0 Å². The summed E-state index contributed by atoms with van der Waals surface area (Å²) >= 11 is 0. The van der Waals surface area contributed by atoms with E-state index >= 15 is 0 Å². The second-order valence-electron chi connectivity index (χ2n) is 14.4. The molecule has 0 saturated carbocycles. The van der Waals surface area contributed by atoms with E-state index in [0.717, 1.165) is 58.9 Å². The Bertz CT molecular complexity index is 1970. The average Bonchev–Trinajstić information content (AvgIpc) is 3.09. The summed E-state index contributed by atoms with van der Waals surface area (Å²) in [5.41, 5.74) is 13.0. The maximum absolute atomic E-state index is 2.63. The zero-order chi connectivity index (χ0) is 31.6. The lowest BCUT2D eigenvalue weighted by molar-refractivity contribution is 0.235. The van der Waals surface area contributed by atoms with Crippen LogP contribution in [0.1, 0.15) is 50.1 Å². The number of nitrogens with zero attached hydrogens (tertiary/aromatic N) is 3. The van der Waals surface area contributed by atoms with Gasteiger partial charge in [-0.05, 0) is 82.4 Å². The average molecular weight is 622 g/mol. The maximum atomic E-state index is 2.63. The Hall–Kier alpha value is -4.80. The summed E-state index contributed by atoms with van der Waals surface area (Å²) in [6.07, 6.45) is 0. The van der Waals surface area contributed by atoms with Gasteiger partial charge in [0.15, 0.2) is 0 Å². The zero-order valence-electron chi connectivity index (χ0n) is 27.3. The van der Waals surface area contributed by atoms with Gasteiger partial charge in [-0.25, -0.2) is 0 Å². The summed E-state index contributed by atoms with van der Waals surface area (Å²) in [4.78, 5) is 7.90. The second-order valence-corrected chi connectivity index (χ2v) is 14.4. The van der Waals surface area contributed by atoms with Gasteiger partial charge in [-0.15, -0.1) is 0 Å². The lowest BCUT2D eigenvalue weighted by Crippen LogP contribution is -2.28. The van der Waals surface area contributed by atoms with Crippen LogP contribution in [0.15, 0.2) is 127 Å². The molecular weight excluding hydrogens is 583 g/mol. The Balaban J connectivity index is 0.962. The molecule has 48 heavy (non-hydrogen) atoms. The normalized spacial score (nSPS) is 16.2. The van der Waals surface area contributed by atoms with Crippen molar-refractivity contribution in [2.45, 2.75) is 58.9 Å². The highest BCUT2D eigenvalue weighted by molar-refractivity contribution is 5.91. The molecule has 3 aliphatic heterocycles. The third-order valence-electron chi connectivity index (χ3n) is 10.9. The van der Waals surface area contributed by atoms with Gasteiger partial charge in [0.05, 0.1) is 0 Å². The van der Waals surface area contributed by atoms with Gasteiger partial charge in [-0.2, -0.15) is 0 Å². The minimum absolute atomic E-state index is 0.954. The van der Waals surface area contributed by atoms with Gasteiger partial charge in [0.1, 0.15) is 0 Å². The Morgan fingerprint density at radius 2 is 0.542 bits per heavy atom.